The lowest BCUT2D eigenvalue weighted by molar-refractivity contribution is 0.617. The molecule has 2 N–H and O–H groups in total. The van der Waals surface area contributed by atoms with E-state index >= 15 is 0 Å². The highest BCUT2D eigenvalue weighted by Crippen LogP contribution is 2.02. The van der Waals surface area contributed by atoms with Gasteiger partial charge in [-0.05, 0) is 6.92 Å². The molecule has 0 atom stereocenters. The number of halogens is 1. The Morgan fingerprint density at radius 3 is 2.36 bits per heavy atom. The Kier molecular flexibility index (Phi) is 4.10. The van der Waals surface area contributed by atoms with E-state index in [4.69, 9.17) is 5.73 Å². The summed E-state index contributed by atoms with van der Waals surface area (Å²) in [5.41, 5.74) is 5.09. The third-order valence-corrected chi connectivity index (χ3v) is 0.892. The number of nitrogens with zero attached hydrogens (tertiary/aromatic N) is 2. The van der Waals surface area contributed by atoms with Gasteiger partial charge in [-0.1, -0.05) is 13.8 Å². The minimum absolute atomic E-state index is 0.0949. The molecule has 0 aliphatic rings. The van der Waals surface area contributed by atoms with Gasteiger partial charge < -0.3 is 5.73 Å². The van der Waals surface area contributed by atoms with Crippen molar-refractivity contribution < 1.29 is 4.39 Å². The number of nitrogen functional groups attached to an aromatic ring is 1. The van der Waals surface area contributed by atoms with Crippen LogP contribution < -0.4 is 5.73 Å². The number of aryl methyl sites for hydroxylation is 1. The van der Waals surface area contributed by atoms with Crippen LogP contribution in [0, 0.1) is 12.7 Å². The van der Waals surface area contributed by atoms with Crippen molar-refractivity contribution in [3.8, 4) is 0 Å². The van der Waals surface area contributed by atoms with Crippen molar-refractivity contribution in [3.63, 3.8) is 0 Å². The lowest BCUT2D eigenvalue weighted by Crippen LogP contribution is -1.97. The SMILES string of the molecule is CC.Cc1ncc(F)c(N)n1. The average Bonchev–Trinajstić information content (AvgIpc) is 2.02. The fraction of sp³-hybridized carbons (Fsp3) is 0.429. The molecule has 0 bridgehead atoms. The van der Waals surface area contributed by atoms with E-state index in [0.29, 0.717) is 5.82 Å². The highest BCUT2D eigenvalue weighted by atomic mass is 19.1. The van der Waals surface area contributed by atoms with Crippen LogP contribution in [0.25, 0.3) is 0 Å². The Labute approximate surface area is 65.5 Å². The molecule has 0 saturated carbocycles. The van der Waals surface area contributed by atoms with Crippen LogP contribution in [0.4, 0.5) is 10.2 Å². The van der Waals surface area contributed by atoms with Crippen molar-refractivity contribution in [3.05, 3.63) is 17.8 Å². The van der Waals surface area contributed by atoms with Crippen LogP contribution in [0.5, 0.6) is 0 Å². The quantitative estimate of drug-likeness (QED) is 0.621. The number of hydrogen-bond donors (Lipinski definition) is 1. The molecule has 0 fully saturated rings. The van der Waals surface area contributed by atoms with E-state index in [1.807, 2.05) is 13.8 Å². The molecule has 62 valence electrons. The largest absolute Gasteiger partial charge is 0.381 e. The second kappa shape index (κ2) is 4.60. The van der Waals surface area contributed by atoms with Gasteiger partial charge in [0.1, 0.15) is 5.82 Å². The van der Waals surface area contributed by atoms with Gasteiger partial charge in [-0.25, -0.2) is 14.4 Å². The Morgan fingerprint density at radius 1 is 1.45 bits per heavy atom. The van der Waals surface area contributed by atoms with E-state index in [1.54, 1.807) is 6.92 Å². The lowest BCUT2D eigenvalue weighted by Gasteiger charge is -1.93. The molecule has 1 rings (SSSR count). The molecule has 0 radical (unpaired) electrons. The molecule has 1 aromatic heterocycles. The molecule has 0 aliphatic carbocycles. The van der Waals surface area contributed by atoms with E-state index < -0.39 is 5.82 Å². The first-order chi connectivity index (χ1) is 5.20. The molecule has 4 heteroatoms. The van der Waals surface area contributed by atoms with E-state index in [9.17, 15) is 4.39 Å². The first-order valence-corrected chi connectivity index (χ1v) is 3.45. The summed E-state index contributed by atoms with van der Waals surface area (Å²) in [6, 6.07) is 0. The van der Waals surface area contributed by atoms with Crippen LogP contribution >= 0.6 is 0 Å². The predicted octanol–water partition coefficient (Wildman–Crippen LogP) is 1.53. The van der Waals surface area contributed by atoms with Crippen LogP contribution in [0.15, 0.2) is 6.20 Å². The summed E-state index contributed by atoms with van der Waals surface area (Å²) in [5, 5.41) is 0. The minimum Gasteiger partial charge on any atom is -0.381 e. The maximum atomic E-state index is 12.2. The first kappa shape index (κ1) is 9.81. The number of hydrogen-bond acceptors (Lipinski definition) is 3. The van der Waals surface area contributed by atoms with E-state index in [2.05, 4.69) is 9.97 Å². The molecular formula is C7H12FN3. The van der Waals surface area contributed by atoms with Gasteiger partial charge in [-0.15, -0.1) is 0 Å². The third-order valence-electron chi connectivity index (χ3n) is 0.892. The molecular weight excluding hydrogens is 145 g/mol. The van der Waals surface area contributed by atoms with Crippen molar-refractivity contribution >= 4 is 5.82 Å². The van der Waals surface area contributed by atoms with Crippen molar-refractivity contribution in [2.45, 2.75) is 20.8 Å². The molecule has 1 aromatic rings. The number of nitrogens with two attached hydrogens (primary N) is 1. The van der Waals surface area contributed by atoms with Gasteiger partial charge in [0.25, 0.3) is 0 Å². The van der Waals surface area contributed by atoms with E-state index in [0.717, 1.165) is 6.20 Å². The Morgan fingerprint density at radius 2 is 2.00 bits per heavy atom. The second-order valence-corrected chi connectivity index (χ2v) is 1.65. The Balaban J connectivity index is 0.000000461. The van der Waals surface area contributed by atoms with Gasteiger partial charge in [0.2, 0.25) is 0 Å². The van der Waals surface area contributed by atoms with Gasteiger partial charge in [0.15, 0.2) is 11.6 Å². The fourth-order valence-corrected chi connectivity index (χ4v) is 0.473. The maximum Gasteiger partial charge on any atom is 0.183 e. The standard InChI is InChI=1S/C5H6FN3.C2H6/c1-3-8-2-4(6)5(7)9-3;1-2/h2H,1H3,(H2,7,8,9);1-2H3. The molecule has 0 aromatic carbocycles. The molecule has 0 amide bonds. The minimum atomic E-state index is -0.569. The summed E-state index contributed by atoms with van der Waals surface area (Å²) in [6.45, 7) is 5.65. The molecule has 0 aliphatic heterocycles. The van der Waals surface area contributed by atoms with Gasteiger partial charge in [0, 0.05) is 0 Å². The van der Waals surface area contributed by atoms with Gasteiger partial charge in [0.05, 0.1) is 6.20 Å². The van der Waals surface area contributed by atoms with Crippen molar-refractivity contribution in [2.75, 3.05) is 5.73 Å². The zero-order chi connectivity index (χ0) is 8.85. The number of rotatable bonds is 0. The summed E-state index contributed by atoms with van der Waals surface area (Å²) in [6.07, 6.45) is 1.05. The van der Waals surface area contributed by atoms with Crippen LogP contribution in [0.3, 0.4) is 0 Å². The van der Waals surface area contributed by atoms with Crippen molar-refractivity contribution in [1.29, 1.82) is 0 Å². The van der Waals surface area contributed by atoms with Crippen molar-refractivity contribution in [2.24, 2.45) is 0 Å². The summed E-state index contributed by atoms with van der Waals surface area (Å²) < 4.78 is 12.2. The summed E-state index contributed by atoms with van der Waals surface area (Å²) in [7, 11) is 0. The summed E-state index contributed by atoms with van der Waals surface area (Å²) in [4.78, 5) is 7.14. The molecule has 11 heavy (non-hydrogen) atoms. The Hall–Kier alpha value is -1.19. The predicted molar refractivity (Wildman–Crippen MR) is 42.5 cm³/mol. The normalized spacial score (nSPS) is 8.36. The summed E-state index contributed by atoms with van der Waals surface area (Å²) >= 11 is 0. The van der Waals surface area contributed by atoms with E-state index in [-0.39, 0.29) is 5.82 Å². The Bertz CT molecular complexity index is 225. The second-order valence-electron chi connectivity index (χ2n) is 1.65. The monoisotopic (exact) mass is 157 g/mol. The molecule has 0 spiro atoms. The molecule has 1 heterocycles. The van der Waals surface area contributed by atoms with E-state index in [1.165, 1.54) is 0 Å². The van der Waals surface area contributed by atoms with Gasteiger partial charge >= 0.3 is 0 Å². The fourth-order valence-electron chi connectivity index (χ4n) is 0.473. The van der Waals surface area contributed by atoms with Crippen molar-refractivity contribution in [1.82, 2.24) is 9.97 Å². The van der Waals surface area contributed by atoms with Gasteiger partial charge in [-0.2, -0.15) is 0 Å². The molecule has 3 nitrogen and oxygen atoms in total. The maximum absolute atomic E-state index is 12.2. The van der Waals surface area contributed by atoms with Crippen LogP contribution in [-0.2, 0) is 0 Å². The highest BCUT2D eigenvalue weighted by Gasteiger charge is 1.97. The van der Waals surface area contributed by atoms with Gasteiger partial charge in [-0.3, -0.25) is 0 Å². The number of anilines is 1. The highest BCUT2D eigenvalue weighted by molar-refractivity contribution is 5.27. The summed E-state index contributed by atoms with van der Waals surface area (Å²) in [5.74, 6) is -0.183. The zero-order valence-electron chi connectivity index (χ0n) is 6.93. The van der Waals surface area contributed by atoms with Crippen LogP contribution in [0.1, 0.15) is 19.7 Å². The lowest BCUT2D eigenvalue weighted by atomic mass is 10.5. The van der Waals surface area contributed by atoms with Crippen LogP contribution in [-0.4, -0.2) is 9.97 Å². The topological polar surface area (TPSA) is 51.8 Å². The zero-order valence-corrected chi connectivity index (χ0v) is 6.93. The molecule has 0 saturated heterocycles. The first-order valence-electron chi connectivity index (χ1n) is 3.45. The number of aromatic nitrogens is 2. The smallest absolute Gasteiger partial charge is 0.183 e. The third kappa shape index (κ3) is 2.93. The average molecular weight is 157 g/mol. The van der Waals surface area contributed by atoms with Crippen LogP contribution in [0.2, 0.25) is 0 Å². The molecule has 0 unspecified atom stereocenters.